The van der Waals surface area contributed by atoms with E-state index in [0.29, 0.717) is 4.62 Å². The molecule has 0 aliphatic carbocycles. The number of rotatable bonds is 2. The van der Waals surface area contributed by atoms with E-state index in [-0.39, 0.29) is 5.96 Å². The van der Waals surface area contributed by atoms with Gasteiger partial charge in [0.05, 0.1) is 0 Å². The highest BCUT2D eigenvalue weighted by molar-refractivity contribution is 9.18. The van der Waals surface area contributed by atoms with Gasteiger partial charge in [0.1, 0.15) is 4.62 Å². The van der Waals surface area contributed by atoms with Gasteiger partial charge in [-0.05, 0) is 26.4 Å². The van der Waals surface area contributed by atoms with E-state index in [1.54, 1.807) is 0 Å². The van der Waals surface area contributed by atoms with Crippen LogP contribution in [0.2, 0.25) is 0 Å². The SMILES string of the molecule is Br/C(=N\N=C1N=NN=N1)c1ccccc1. The minimum atomic E-state index is 0.142. The normalized spacial score (nSPS) is 14.7. The first-order valence-electron chi connectivity index (χ1n) is 4.04. The second-order valence-electron chi connectivity index (χ2n) is 2.54. The molecule has 0 aromatic heterocycles. The summed E-state index contributed by atoms with van der Waals surface area (Å²) in [7, 11) is 0. The highest BCUT2D eigenvalue weighted by Gasteiger charge is 2.00. The molecule has 7 heteroatoms. The molecule has 0 bridgehead atoms. The molecule has 1 aliphatic heterocycles. The van der Waals surface area contributed by atoms with Crippen LogP contribution >= 0.6 is 15.9 Å². The minimum Gasteiger partial charge on any atom is -0.139 e. The number of halogens is 1. The van der Waals surface area contributed by atoms with Gasteiger partial charge in [-0.3, -0.25) is 0 Å². The van der Waals surface area contributed by atoms with Crippen molar-refractivity contribution in [1.29, 1.82) is 0 Å². The van der Waals surface area contributed by atoms with Crippen LogP contribution in [0.4, 0.5) is 0 Å². The predicted molar refractivity (Wildman–Crippen MR) is 59.1 cm³/mol. The minimum absolute atomic E-state index is 0.142. The van der Waals surface area contributed by atoms with Crippen molar-refractivity contribution in [1.82, 2.24) is 0 Å². The van der Waals surface area contributed by atoms with E-state index in [9.17, 15) is 0 Å². The molecule has 0 radical (unpaired) electrons. The van der Waals surface area contributed by atoms with Crippen LogP contribution < -0.4 is 0 Å². The van der Waals surface area contributed by atoms with Crippen molar-refractivity contribution in [3.8, 4) is 0 Å². The van der Waals surface area contributed by atoms with Gasteiger partial charge in [0.15, 0.2) is 0 Å². The average molecular weight is 265 g/mol. The van der Waals surface area contributed by atoms with E-state index in [4.69, 9.17) is 0 Å². The van der Waals surface area contributed by atoms with Gasteiger partial charge < -0.3 is 0 Å². The van der Waals surface area contributed by atoms with Gasteiger partial charge >= 0.3 is 5.96 Å². The summed E-state index contributed by atoms with van der Waals surface area (Å²) in [5, 5.41) is 21.2. The Bertz CT molecular complexity index is 447. The van der Waals surface area contributed by atoms with Crippen molar-refractivity contribution in [2.24, 2.45) is 30.9 Å². The van der Waals surface area contributed by atoms with Crippen LogP contribution in [0.25, 0.3) is 0 Å². The second-order valence-corrected chi connectivity index (χ2v) is 3.29. The molecule has 6 nitrogen and oxygen atoms in total. The van der Waals surface area contributed by atoms with Gasteiger partial charge in [-0.2, -0.15) is 0 Å². The summed E-state index contributed by atoms with van der Waals surface area (Å²) in [4.78, 5) is 0. The lowest BCUT2D eigenvalue weighted by molar-refractivity contribution is 1.06. The number of benzene rings is 1. The molecular formula is C8H5BrN6. The smallest absolute Gasteiger partial charge is 0.139 e. The maximum absolute atomic E-state index is 3.89. The fourth-order valence-electron chi connectivity index (χ4n) is 0.902. The third-order valence-corrected chi connectivity index (χ3v) is 2.16. The second kappa shape index (κ2) is 4.65. The van der Waals surface area contributed by atoms with E-state index in [1.807, 2.05) is 30.3 Å². The lowest BCUT2D eigenvalue weighted by Crippen LogP contribution is -1.89. The van der Waals surface area contributed by atoms with Gasteiger partial charge in [0.2, 0.25) is 0 Å². The molecule has 0 atom stereocenters. The molecule has 0 spiro atoms. The Labute approximate surface area is 93.6 Å². The molecule has 0 saturated heterocycles. The largest absolute Gasteiger partial charge is 0.309 e. The van der Waals surface area contributed by atoms with Crippen LogP contribution in [-0.4, -0.2) is 10.6 Å². The quantitative estimate of drug-likeness (QED) is 0.582. The van der Waals surface area contributed by atoms with Crippen LogP contribution in [0, 0.1) is 0 Å². The molecule has 15 heavy (non-hydrogen) atoms. The predicted octanol–water partition coefficient (Wildman–Crippen LogP) is 2.93. The Hall–Kier alpha value is -1.76. The highest BCUT2D eigenvalue weighted by Crippen LogP contribution is 2.07. The summed E-state index contributed by atoms with van der Waals surface area (Å²) < 4.78 is 0.605. The lowest BCUT2D eigenvalue weighted by atomic mass is 10.2. The summed E-state index contributed by atoms with van der Waals surface area (Å²) in [5.74, 6) is 0.142. The molecule has 0 amide bonds. The monoisotopic (exact) mass is 264 g/mol. The van der Waals surface area contributed by atoms with E-state index in [1.165, 1.54) is 0 Å². The Morgan fingerprint density at radius 1 is 1.07 bits per heavy atom. The summed E-state index contributed by atoms with van der Waals surface area (Å²) in [5.41, 5.74) is 0.925. The van der Waals surface area contributed by atoms with Crippen LogP contribution in [0.5, 0.6) is 0 Å². The van der Waals surface area contributed by atoms with E-state index in [0.717, 1.165) is 5.56 Å². The van der Waals surface area contributed by atoms with Crippen molar-refractivity contribution < 1.29 is 0 Å². The summed E-state index contributed by atoms with van der Waals surface area (Å²) in [6.07, 6.45) is 0. The number of hydrogen-bond acceptors (Lipinski definition) is 4. The Morgan fingerprint density at radius 2 is 1.73 bits per heavy atom. The number of nitrogens with zero attached hydrogens (tertiary/aromatic N) is 6. The molecule has 0 N–H and O–H groups in total. The number of guanidine groups is 1. The van der Waals surface area contributed by atoms with Crippen LogP contribution in [0.1, 0.15) is 5.56 Å². The van der Waals surface area contributed by atoms with E-state index >= 15 is 0 Å². The number of hydrogen-bond donors (Lipinski definition) is 0. The zero-order chi connectivity index (χ0) is 10.5. The first-order chi connectivity index (χ1) is 7.36. The summed E-state index contributed by atoms with van der Waals surface area (Å²) in [6.45, 7) is 0. The van der Waals surface area contributed by atoms with Crippen molar-refractivity contribution in [3.05, 3.63) is 35.9 Å². The van der Waals surface area contributed by atoms with Crippen molar-refractivity contribution >= 4 is 26.5 Å². The van der Waals surface area contributed by atoms with Gasteiger partial charge in [-0.1, -0.05) is 40.6 Å². The molecule has 1 aromatic rings. The Kier molecular flexibility index (Phi) is 3.03. The van der Waals surface area contributed by atoms with Crippen molar-refractivity contribution in [3.63, 3.8) is 0 Å². The fraction of sp³-hybridized carbons (Fsp3) is 0. The summed E-state index contributed by atoms with van der Waals surface area (Å²) in [6, 6.07) is 9.56. The van der Waals surface area contributed by atoms with Crippen molar-refractivity contribution in [2.45, 2.75) is 0 Å². The molecule has 74 valence electrons. The van der Waals surface area contributed by atoms with Crippen LogP contribution in [0.15, 0.2) is 61.2 Å². The van der Waals surface area contributed by atoms with Crippen molar-refractivity contribution in [2.75, 3.05) is 0 Å². The van der Waals surface area contributed by atoms with Crippen LogP contribution in [0.3, 0.4) is 0 Å². The molecular weight excluding hydrogens is 260 g/mol. The molecule has 1 aliphatic rings. The molecule has 0 fully saturated rings. The van der Waals surface area contributed by atoms with Gasteiger partial charge in [0, 0.05) is 5.56 Å². The first kappa shape index (κ1) is 9.78. The Balaban J connectivity index is 2.18. The molecule has 1 heterocycles. The average Bonchev–Trinajstić information content (AvgIpc) is 2.80. The maximum atomic E-state index is 3.89. The lowest BCUT2D eigenvalue weighted by Gasteiger charge is -1.94. The Morgan fingerprint density at radius 3 is 2.40 bits per heavy atom. The summed E-state index contributed by atoms with van der Waals surface area (Å²) >= 11 is 3.29. The maximum Gasteiger partial charge on any atom is 0.309 e. The standard InChI is InChI=1S/C8H5BrN6/c9-7(6-4-2-1-3-5-6)10-11-8-12-14-15-13-8/h1-5H/b10-7-. The van der Waals surface area contributed by atoms with E-state index < -0.39 is 0 Å². The van der Waals surface area contributed by atoms with Gasteiger partial charge in [-0.15, -0.1) is 10.2 Å². The topological polar surface area (TPSA) is 74.2 Å². The molecule has 0 unspecified atom stereocenters. The van der Waals surface area contributed by atoms with Gasteiger partial charge in [0.25, 0.3) is 0 Å². The third kappa shape index (κ3) is 2.59. The van der Waals surface area contributed by atoms with Crippen LogP contribution in [-0.2, 0) is 0 Å². The fourth-order valence-corrected chi connectivity index (χ4v) is 1.25. The van der Waals surface area contributed by atoms with E-state index in [2.05, 4.69) is 46.8 Å². The first-order valence-corrected chi connectivity index (χ1v) is 4.84. The third-order valence-electron chi connectivity index (χ3n) is 1.55. The zero-order valence-corrected chi connectivity index (χ0v) is 9.03. The molecule has 0 saturated carbocycles. The zero-order valence-electron chi connectivity index (χ0n) is 7.45. The molecule has 2 rings (SSSR count). The highest BCUT2D eigenvalue weighted by atomic mass is 79.9. The molecule has 1 aromatic carbocycles. The van der Waals surface area contributed by atoms with Gasteiger partial charge in [-0.25, -0.2) is 0 Å².